The van der Waals surface area contributed by atoms with Gasteiger partial charge in [0.1, 0.15) is 6.04 Å². The van der Waals surface area contributed by atoms with E-state index in [1.807, 2.05) is 62.4 Å². The molecular weight excluding hydrogens is 314 g/mol. The van der Waals surface area contributed by atoms with E-state index < -0.39 is 6.04 Å². The number of carbonyl (C=O) groups excluding carboxylic acids is 2. The molecule has 1 saturated heterocycles. The van der Waals surface area contributed by atoms with Gasteiger partial charge in [0.25, 0.3) is 0 Å². The highest BCUT2D eigenvalue weighted by atomic mass is 16.2. The second-order valence-electron chi connectivity index (χ2n) is 6.51. The first-order chi connectivity index (χ1) is 12.0. The zero-order valence-corrected chi connectivity index (χ0v) is 14.6. The van der Waals surface area contributed by atoms with Crippen LogP contribution in [0.3, 0.4) is 0 Å². The van der Waals surface area contributed by atoms with Gasteiger partial charge in [0, 0.05) is 17.9 Å². The molecule has 0 bridgehead atoms. The van der Waals surface area contributed by atoms with Crippen molar-refractivity contribution >= 4 is 23.3 Å². The third-order valence-corrected chi connectivity index (χ3v) is 4.40. The summed E-state index contributed by atoms with van der Waals surface area (Å²) in [5.74, 6) is -0.137. The Kier molecular flexibility index (Phi) is 5.03. The van der Waals surface area contributed by atoms with E-state index in [1.165, 1.54) is 0 Å². The van der Waals surface area contributed by atoms with Crippen LogP contribution in [0.5, 0.6) is 0 Å². The number of benzene rings is 2. The maximum absolute atomic E-state index is 12.6. The van der Waals surface area contributed by atoms with E-state index in [9.17, 15) is 9.59 Å². The smallest absolute Gasteiger partial charge is 0.322 e. The van der Waals surface area contributed by atoms with Crippen LogP contribution in [0.15, 0.2) is 48.5 Å². The van der Waals surface area contributed by atoms with Crippen molar-refractivity contribution in [3.05, 3.63) is 59.7 Å². The molecule has 3 rings (SSSR count). The molecule has 2 N–H and O–H groups in total. The molecule has 3 amide bonds. The third kappa shape index (κ3) is 4.18. The minimum absolute atomic E-state index is 0.137. The summed E-state index contributed by atoms with van der Waals surface area (Å²) in [7, 11) is 0. The highest BCUT2D eigenvalue weighted by Gasteiger charge is 2.34. The van der Waals surface area contributed by atoms with Gasteiger partial charge in [0.05, 0.1) is 0 Å². The normalized spacial score (nSPS) is 16.6. The Bertz CT molecular complexity index is 771. The zero-order chi connectivity index (χ0) is 17.8. The second kappa shape index (κ2) is 7.38. The summed E-state index contributed by atoms with van der Waals surface area (Å²) >= 11 is 0. The minimum Gasteiger partial charge on any atom is -0.324 e. The monoisotopic (exact) mass is 337 g/mol. The lowest BCUT2D eigenvalue weighted by Crippen LogP contribution is -2.45. The van der Waals surface area contributed by atoms with Gasteiger partial charge in [-0.2, -0.15) is 0 Å². The van der Waals surface area contributed by atoms with Crippen LogP contribution in [0.2, 0.25) is 0 Å². The van der Waals surface area contributed by atoms with Crippen molar-refractivity contribution in [3.63, 3.8) is 0 Å². The van der Waals surface area contributed by atoms with Gasteiger partial charge in [0.2, 0.25) is 5.91 Å². The van der Waals surface area contributed by atoms with Gasteiger partial charge in [-0.25, -0.2) is 4.79 Å². The number of anilines is 2. The number of amides is 3. The third-order valence-electron chi connectivity index (χ3n) is 4.40. The fraction of sp³-hybridized carbons (Fsp3) is 0.300. The summed E-state index contributed by atoms with van der Waals surface area (Å²) in [5.41, 5.74) is 3.71. The SMILES string of the molecule is Cc1ccc(NC(=O)N2CCC[C@H]2C(=O)Nc2cccc(C)c2)cc1. The lowest BCUT2D eigenvalue weighted by atomic mass is 10.2. The van der Waals surface area contributed by atoms with Crippen molar-refractivity contribution in [2.24, 2.45) is 0 Å². The molecular formula is C20H23N3O2. The summed E-state index contributed by atoms with van der Waals surface area (Å²) in [6.07, 6.45) is 1.51. The van der Waals surface area contributed by atoms with Crippen LogP contribution in [0.4, 0.5) is 16.2 Å². The first-order valence-corrected chi connectivity index (χ1v) is 8.55. The van der Waals surface area contributed by atoms with Crippen LogP contribution in [-0.2, 0) is 4.79 Å². The van der Waals surface area contributed by atoms with E-state index >= 15 is 0 Å². The van der Waals surface area contributed by atoms with Gasteiger partial charge < -0.3 is 15.5 Å². The number of aryl methyl sites for hydroxylation is 2. The molecule has 0 spiro atoms. The van der Waals surface area contributed by atoms with E-state index in [-0.39, 0.29) is 11.9 Å². The maximum Gasteiger partial charge on any atom is 0.322 e. The number of likely N-dealkylation sites (tertiary alicyclic amines) is 1. The molecule has 130 valence electrons. The number of urea groups is 1. The molecule has 1 aliphatic heterocycles. The highest BCUT2D eigenvalue weighted by Crippen LogP contribution is 2.21. The summed E-state index contributed by atoms with van der Waals surface area (Å²) in [4.78, 5) is 26.8. The molecule has 1 atom stereocenters. The quantitative estimate of drug-likeness (QED) is 0.891. The minimum atomic E-state index is -0.439. The standard InChI is InChI=1S/C20H23N3O2/c1-14-8-10-16(11-9-14)22-20(25)23-12-4-7-18(23)19(24)21-17-6-3-5-15(2)13-17/h3,5-6,8-11,13,18H,4,7,12H2,1-2H3,(H,21,24)(H,22,25)/t18-/m0/s1. The predicted molar refractivity (Wildman–Crippen MR) is 99.7 cm³/mol. The topological polar surface area (TPSA) is 61.4 Å². The summed E-state index contributed by atoms with van der Waals surface area (Å²) < 4.78 is 0. The Hall–Kier alpha value is -2.82. The van der Waals surface area contributed by atoms with E-state index in [4.69, 9.17) is 0 Å². The maximum atomic E-state index is 12.6. The Labute approximate surface area is 148 Å². The van der Waals surface area contributed by atoms with Crippen LogP contribution in [0.25, 0.3) is 0 Å². The van der Waals surface area contributed by atoms with Crippen LogP contribution < -0.4 is 10.6 Å². The highest BCUT2D eigenvalue weighted by molar-refractivity contribution is 5.99. The molecule has 2 aromatic rings. The number of nitrogens with zero attached hydrogens (tertiary/aromatic N) is 1. The summed E-state index contributed by atoms with van der Waals surface area (Å²) in [6.45, 7) is 4.56. The molecule has 2 aromatic carbocycles. The van der Waals surface area contributed by atoms with Crippen LogP contribution in [-0.4, -0.2) is 29.4 Å². The lowest BCUT2D eigenvalue weighted by Gasteiger charge is -2.24. The number of hydrogen-bond acceptors (Lipinski definition) is 2. The van der Waals surface area contributed by atoms with Crippen molar-refractivity contribution in [3.8, 4) is 0 Å². The molecule has 1 aliphatic rings. The number of carbonyl (C=O) groups is 2. The Morgan fingerprint density at radius 3 is 2.44 bits per heavy atom. The predicted octanol–water partition coefficient (Wildman–Crippen LogP) is 3.94. The van der Waals surface area contributed by atoms with E-state index in [2.05, 4.69) is 10.6 Å². The summed E-state index contributed by atoms with van der Waals surface area (Å²) in [5, 5.41) is 5.80. The average Bonchev–Trinajstić information content (AvgIpc) is 3.07. The zero-order valence-electron chi connectivity index (χ0n) is 14.6. The molecule has 0 unspecified atom stereocenters. The number of rotatable bonds is 3. The number of hydrogen-bond donors (Lipinski definition) is 2. The second-order valence-corrected chi connectivity index (χ2v) is 6.51. The van der Waals surface area contributed by atoms with Crippen LogP contribution in [0, 0.1) is 13.8 Å². The fourth-order valence-electron chi connectivity index (χ4n) is 3.06. The van der Waals surface area contributed by atoms with Gasteiger partial charge in [-0.1, -0.05) is 29.8 Å². The Morgan fingerprint density at radius 1 is 0.960 bits per heavy atom. The molecule has 0 aliphatic carbocycles. The van der Waals surface area contributed by atoms with Gasteiger partial charge >= 0.3 is 6.03 Å². The van der Waals surface area contributed by atoms with Crippen molar-refractivity contribution in [1.82, 2.24) is 4.90 Å². The van der Waals surface area contributed by atoms with Gasteiger partial charge in [-0.15, -0.1) is 0 Å². The fourth-order valence-corrected chi connectivity index (χ4v) is 3.06. The number of nitrogens with one attached hydrogen (secondary N) is 2. The van der Waals surface area contributed by atoms with Crippen LogP contribution in [0.1, 0.15) is 24.0 Å². The first-order valence-electron chi connectivity index (χ1n) is 8.55. The molecule has 5 heteroatoms. The summed E-state index contributed by atoms with van der Waals surface area (Å²) in [6, 6.07) is 14.6. The van der Waals surface area contributed by atoms with E-state index in [1.54, 1.807) is 4.90 Å². The average molecular weight is 337 g/mol. The van der Waals surface area contributed by atoms with E-state index in [0.717, 1.165) is 28.9 Å². The molecule has 5 nitrogen and oxygen atoms in total. The Balaban J connectivity index is 1.65. The van der Waals surface area contributed by atoms with Crippen molar-refractivity contribution in [2.45, 2.75) is 32.7 Å². The van der Waals surface area contributed by atoms with Crippen molar-refractivity contribution in [1.29, 1.82) is 0 Å². The van der Waals surface area contributed by atoms with Gasteiger partial charge in [-0.05, 0) is 56.5 Å². The largest absolute Gasteiger partial charge is 0.324 e. The molecule has 1 fully saturated rings. The molecule has 0 aromatic heterocycles. The molecule has 25 heavy (non-hydrogen) atoms. The van der Waals surface area contributed by atoms with Crippen LogP contribution >= 0.6 is 0 Å². The molecule has 0 saturated carbocycles. The van der Waals surface area contributed by atoms with Crippen molar-refractivity contribution in [2.75, 3.05) is 17.2 Å². The van der Waals surface area contributed by atoms with Gasteiger partial charge in [-0.3, -0.25) is 4.79 Å². The van der Waals surface area contributed by atoms with Crippen molar-refractivity contribution < 1.29 is 9.59 Å². The first kappa shape index (κ1) is 17.0. The molecule has 0 radical (unpaired) electrons. The molecule has 1 heterocycles. The lowest BCUT2D eigenvalue weighted by molar-refractivity contribution is -0.119. The van der Waals surface area contributed by atoms with Gasteiger partial charge in [0.15, 0.2) is 0 Å². The Morgan fingerprint density at radius 2 is 1.72 bits per heavy atom. The van der Waals surface area contributed by atoms with E-state index in [0.29, 0.717) is 13.0 Å².